The Hall–Kier alpha value is -2.12. The van der Waals surface area contributed by atoms with Crippen LogP contribution in [-0.4, -0.2) is 46.2 Å². The van der Waals surface area contributed by atoms with Crippen molar-refractivity contribution >= 4 is 33.1 Å². The smallest absolute Gasteiger partial charge is 0.272 e. The first-order chi connectivity index (χ1) is 10.1. The van der Waals surface area contributed by atoms with Crippen molar-refractivity contribution in [2.75, 3.05) is 26.0 Å². The van der Waals surface area contributed by atoms with Gasteiger partial charge in [-0.15, -0.1) is 11.3 Å². The van der Waals surface area contributed by atoms with Gasteiger partial charge < -0.3 is 15.2 Å². The number of rotatable bonds is 5. The molecular weight excluding hydrogens is 286 g/mol. The lowest BCUT2D eigenvalue weighted by molar-refractivity contribution is 0.102. The van der Waals surface area contributed by atoms with Crippen molar-refractivity contribution in [2.45, 2.75) is 6.54 Å². The molecule has 0 bridgehead atoms. The number of carbonyl (C=O) groups excluding carboxylic acids is 1. The summed E-state index contributed by atoms with van der Waals surface area (Å²) >= 11 is 1.59. The summed E-state index contributed by atoms with van der Waals surface area (Å²) in [6.07, 6.45) is 3.51. The minimum absolute atomic E-state index is 0.148. The molecule has 0 atom stereocenters. The Morgan fingerprint density at radius 2 is 2.38 bits per heavy atom. The summed E-state index contributed by atoms with van der Waals surface area (Å²) in [5, 5.41) is 10.1. The molecule has 0 saturated carbocycles. The van der Waals surface area contributed by atoms with Crippen LogP contribution >= 0.6 is 11.3 Å². The summed E-state index contributed by atoms with van der Waals surface area (Å²) in [4.78, 5) is 18.4. The number of aromatic nitrogens is 3. The molecule has 7 heteroatoms. The zero-order valence-corrected chi connectivity index (χ0v) is 12.8. The molecule has 0 aliphatic heterocycles. The number of anilines is 1. The average molecular weight is 303 g/mol. The molecule has 21 heavy (non-hydrogen) atoms. The minimum atomic E-state index is -0.148. The van der Waals surface area contributed by atoms with Crippen molar-refractivity contribution in [1.82, 2.24) is 19.7 Å². The Kier molecular flexibility index (Phi) is 3.76. The fraction of sp³-hybridized carbons (Fsp3) is 0.286. The zero-order chi connectivity index (χ0) is 14.8. The standard InChI is InChI=1S/C14H17N5OS/c1-18(2)4-5-19-9-11(8-15-19)16-13(20)12-7-10-3-6-21-14(10)17-12/h3,6-9,17H,4-5H2,1-2H3,(H,16,20). The van der Waals surface area contributed by atoms with Gasteiger partial charge in [0.05, 0.1) is 18.4 Å². The summed E-state index contributed by atoms with van der Waals surface area (Å²) in [5.74, 6) is -0.148. The van der Waals surface area contributed by atoms with Crippen molar-refractivity contribution in [3.8, 4) is 0 Å². The molecule has 0 unspecified atom stereocenters. The van der Waals surface area contributed by atoms with Crippen LogP contribution in [0.2, 0.25) is 0 Å². The highest BCUT2D eigenvalue weighted by molar-refractivity contribution is 7.16. The average Bonchev–Trinajstić information content (AvgIpc) is 3.10. The molecule has 1 amide bonds. The fourth-order valence-corrected chi connectivity index (χ4v) is 2.80. The molecule has 0 spiro atoms. The van der Waals surface area contributed by atoms with Gasteiger partial charge in [-0.25, -0.2) is 0 Å². The van der Waals surface area contributed by atoms with Crippen molar-refractivity contribution < 1.29 is 4.79 Å². The third-order valence-corrected chi connectivity index (χ3v) is 4.00. The Morgan fingerprint density at radius 3 is 3.14 bits per heavy atom. The van der Waals surface area contributed by atoms with Crippen LogP contribution in [0.25, 0.3) is 10.2 Å². The molecule has 0 fully saturated rings. The molecule has 2 N–H and O–H groups in total. The molecule has 3 aromatic heterocycles. The predicted molar refractivity (Wildman–Crippen MR) is 84.9 cm³/mol. The fourth-order valence-electron chi connectivity index (χ4n) is 2.02. The number of amides is 1. The lowest BCUT2D eigenvalue weighted by atomic mass is 10.3. The molecule has 3 heterocycles. The monoisotopic (exact) mass is 303 g/mol. The number of nitrogens with zero attached hydrogens (tertiary/aromatic N) is 3. The topological polar surface area (TPSA) is 65.9 Å². The van der Waals surface area contributed by atoms with E-state index in [9.17, 15) is 4.79 Å². The maximum absolute atomic E-state index is 12.2. The number of aromatic amines is 1. The van der Waals surface area contributed by atoms with Crippen LogP contribution in [0.15, 0.2) is 29.9 Å². The number of thiophene rings is 1. The molecule has 0 aliphatic rings. The lowest BCUT2D eigenvalue weighted by Crippen LogP contribution is -2.18. The van der Waals surface area contributed by atoms with Crippen LogP contribution in [0.1, 0.15) is 10.5 Å². The molecule has 0 aromatic carbocycles. The van der Waals surface area contributed by atoms with Gasteiger partial charge in [0.15, 0.2) is 0 Å². The summed E-state index contributed by atoms with van der Waals surface area (Å²) in [6.45, 7) is 1.70. The van der Waals surface area contributed by atoms with Crippen LogP contribution < -0.4 is 5.32 Å². The first kappa shape index (κ1) is 13.8. The highest BCUT2D eigenvalue weighted by atomic mass is 32.1. The number of fused-ring (bicyclic) bond motifs is 1. The second-order valence-electron chi connectivity index (χ2n) is 5.14. The third-order valence-electron chi connectivity index (χ3n) is 3.16. The molecule has 0 radical (unpaired) electrons. The Balaban J connectivity index is 1.65. The van der Waals surface area contributed by atoms with Crippen LogP contribution in [0, 0.1) is 0 Å². The van der Waals surface area contributed by atoms with E-state index in [1.165, 1.54) is 0 Å². The second kappa shape index (κ2) is 5.71. The maximum atomic E-state index is 12.2. The normalized spacial score (nSPS) is 11.4. The SMILES string of the molecule is CN(C)CCn1cc(NC(=O)c2cc3ccsc3[nH]2)cn1. The Labute approximate surface area is 126 Å². The first-order valence-electron chi connectivity index (χ1n) is 6.66. The van der Waals surface area contributed by atoms with Gasteiger partial charge in [-0.2, -0.15) is 5.10 Å². The molecule has 3 aromatic rings. The van der Waals surface area contributed by atoms with E-state index in [2.05, 4.69) is 20.3 Å². The number of H-pyrrole nitrogens is 1. The van der Waals surface area contributed by atoms with Gasteiger partial charge in [-0.3, -0.25) is 9.48 Å². The zero-order valence-electron chi connectivity index (χ0n) is 12.0. The van der Waals surface area contributed by atoms with Gasteiger partial charge in [-0.1, -0.05) is 0 Å². The molecule has 3 rings (SSSR count). The minimum Gasteiger partial charge on any atom is -0.342 e. The molecule has 6 nitrogen and oxygen atoms in total. The predicted octanol–water partition coefficient (Wildman–Crippen LogP) is 2.24. The Bertz CT molecular complexity index is 726. The van der Waals surface area contributed by atoms with E-state index in [4.69, 9.17) is 0 Å². The maximum Gasteiger partial charge on any atom is 0.272 e. The van der Waals surface area contributed by atoms with Crippen LogP contribution in [-0.2, 0) is 6.54 Å². The molecule has 0 aliphatic carbocycles. The van der Waals surface area contributed by atoms with E-state index in [1.807, 2.05) is 42.5 Å². The van der Waals surface area contributed by atoms with Crippen molar-refractivity contribution in [1.29, 1.82) is 0 Å². The van der Waals surface area contributed by atoms with Crippen LogP contribution in [0.5, 0.6) is 0 Å². The first-order valence-corrected chi connectivity index (χ1v) is 7.54. The van der Waals surface area contributed by atoms with Gasteiger partial charge in [0.25, 0.3) is 5.91 Å². The number of likely N-dealkylation sites (N-methyl/N-ethyl adjacent to an activating group) is 1. The van der Waals surface area contributed by atoms with Crippen molar-refractivity contribution in [3.63, 3.8) is 0 Å². The van der Waals surface area contributed by atoms with Gasteiger partial charge in [0.1, 0.15) is 10.5 Å². The van der Waals surface area contributed by atoms with Crippen molar-refractivity contribution in [2.24, 2.45) is 0 Å². The van der Waals surface area contributed by atoms with Gasteiger partial charge in [-0.05, 0) is 31.6 Å². The van der Waals surface area contributed by atoms with E-state index in [0.717, 1.165) is 23.3 Å². The summed E-state index contributed by atoms with van der Waals surface area (Å²) in [6, 6.07) is 3.85. The third kappa shape index (κ3) is 3.14. The van der Waals surface area contributed by atoms with E-state index in [0.29, 0.717) is 11.4 Å². The highest BCUT2D eigenvalue weighted by Crippen LogP contribution is 2.21. The number of hydrogen-bond acceptors (Lipinski definition) is 4. The molecule has 0 saturated heterocycles. The van der Waals surface area contributed by atoms with E-state index in [-0.39, 0.29) is 5.91 Å². The summed E-state index contributed by atoms with van der Waals surface area (Å²) in [5.41, 5.74) is 1.27. The van der Waals surface area contributed by atoms with Gasteiger partial charge in [0, 0.05) is 18.1 Å². The Morgan fingerprint density at radius 1 is 1.52 bits per heavy atom. The second-order valence-corrected chi connectivity index (χ2v) is 6.05. The largest absolute Gasteiger partial charge is 0.342 e. The van der Waals surface area contributed by atoms with Gasteiger partial charge in [0.2, 0.25) is 0 Å². The number of carbonyl (C=O) groups is 1. The van der Waals surface area contributed by atoms with E-state index >= 15 is 0 Å². The van der Waals surface area contributed by atoms with Crippen LogP contribution in [0.3, 0.4) is 0 Å². The lowest BCUT2D eigenvalue weighted by Gasteiger charge is -2.08. The number of nitrogens with one attached hydrogen (secondary N) is 2. The van der Waals surface area contributed by atoms with E-state index in [1.54, 1.807) is 17.5 Å². The van der Waals surface area contributed by atoms with Crippen LogP contribution in [0.4, 0.5) is 5.69 Å². The highest BCUT2D eigenvalue weighted by Gasteiger charge is 2.11. The molecule has 110 valence electrons. The quantitative estimate of drug-likeness (QED) is 0.759. The summed E-state index contributed by atoms with van der Waals surface area (Å²) in [7, 11) is 4.03. The van der Waals surface area contributed by atoms with Crippen molar-refractivity contribution in [3.05, 3.63) is 35.6 Å². The van der Waals surface area contributed by atoms with E-state index < -0.39 is 0 Å². The number of hydrogen-bond donors (Lipinski definition) is 2. The van der Waals surface area contributed by atoms with Gasteiger partial charge >= 0.3 is 0 Å². The summed E-state index contributed by atoms with van der Waals surface area (Å²) < 4.78 is 1.82. The molecular formula is C14H17N5OS.